The van der Waals surface area contributed by atoms with Crippen LogP contribution in [0, 0.1) is 17.5 Å². The van der Waals surface area contributed by atoms with E-state index in [1.54, 1.807) is 30.5 Å². The Bertz CT molecular complexity index is 1740. The fourth-order valence-electron chi connectivity index (χ4n) is 6.05. The van der Waals surface area contributed by atoms with Crippen molar-refractivity contribution >= 4 is 28.8 Å². The molecule has 238 valence electrons. The molecule has 46 heavy (non-hydrogen) atoms. The highest BCUT2D eigenvalue weighted by molar-refractivity contribution is 5.91. The minimum atomic E-state index is -0.519. The zero-order chi connectivity index (χ0) is 32.0. The minimum absolute atomic E-state index is 0.0111. The lowest BCUT2D eigenvalue weighted by molar-refractivity contribution is -0.114. The lowest BCUT2D eigenvalue weighted by Crippen LogP contribution is -2.36. The van der Waals surface area contributed by atoms with Gasteiger partial charge in [0.25, 0.3) is 0 Å². The Kier molecular flexibility index (Phi) is 9.63. The molecule has 0 radical (unpaired) electrons. The summed E-state index contributed by atoms with van der Waals surface area (Å²) in [5, 5.41) is 3.18. The number of benzene rings is 3. The highest BCUT2D eigenvalue weighted by Crippen LogP contribution is 2.31. The van der Waals surface area contributed by atoms with E-state index in [1.807, 2.05) is 15.9 Å². The van der Waals surface area contributed by atoms with Gasteiger partial charge < -0.3 is 19.9 Å². The number of nitrogens with zero attached hydrogens (tertiary/aromatic N) is 4. The fraction of sp³-hybridized carbons (Fsp3) is 0.306. The van der Waals surface area contributed by atoms with E-state index in [2.05, 4.69) is 16.9 Å². The first-order valence-corrected chi connectivity index (χ1v) is 15.6. The summed E-state index contributed by atoms with van der Waals surface area (Å²) in [6.07, 6.45) is 6.27. The van der Waals surface area contributed by atoms with Gasteiger partial charge in [-0.2, -0.15) is 0 Å². The molecule has 1 N–H and O–H groups in total. The molecule has 7 nitrogen and oxygen atoms in total. The SMILES string of the molecule is C=CC(=O)Cc1cc(F)cc(-c2nc(Nc3ccc(F)c(N4CCCCC4)c3)ncc2Cc2ccc(N3CCOCC3)c(F)c2)c1. The van der Waals surface area contributed by atoms with Crippen LogP contribution in [-0.4, -0.2) is 55.1 Å². The van der Waals surface area contributed by atoms with Crippen LogP contribution >= 0.6 is 0 Å². The summed E-state index contributed by atoms with van der Waals surface area (Å²) < 4.78 is 50.4. The van der Waals surface area contributed by atoms with E-state index in [0.717, 1.165) is 32.4 Å². The number of hydrogen-bond acceptors (Lipinski definition) is 7. The number of halogens is 3. The van der Waals surface area contributed by atoms with Crippen molar-refractivity contribution in [1.29, 1.82) is 0 Å². The maximum atomic E-state index is 15.3. The molecule has 0 amide bonds. The van der Waals surface area contributed by atoms with E-state index < -0.39 is 5.82 Å². The quantitative estimate of drug-likeness (QED) is 0.190. The van der Waals surface area contributed by atoms with Gasteiger partial charge in [0.1, 0.15) is 17.5 Å². The predicted molar refractivity (Wildman–Crippen MR) is 174 cm³/mol. The third-order valence-electron chi connectivity index (χ3n) is 8.36. The van der Waals surface area contributed by atoms with Crippen LogP contribution in [0.1, 0.15) is 36.0 Å². The van der Waals surface area contributed by atoms with Crippen molar-refractivity contribution in [2.75, 3.05) is 54.5 Å². The molecule has 2 fully saturated rings. The monoisotopic (exact) mass is 627 g/mol. The zero-order valence-corrected chi connectivity index (χ0v) is 25.6. The molecule has 2 aliphatic heterocycles. The number of carbonyl (C=O) groups excluding carboxylic acids is 1. The Morgan fingerprint density at radius 1 is 0.870 bits per heavy atom. The van der Waals surface area contributed by atoms with Gasteiger partial charge in [-0.3, -0.25) is 4.79 Å². The average Bonchev–Trinajstić information content (AvgIpc) is 3.07. The number of anilines is 4. The lowest BCUT2D eigenvalue weighted by Gasteiger charge is -2.29. The van der Waals surface area contributed by atoms with Crippen molar-refractivity contribution in [1.82, 2.24) is 9.97 Å². The van der Waals surface area contributed by atoms with Crippen LogP contribution < -0.4 is 15.1 Å². The number of carbonyl (C=O) groups is 1. The van der Waals surface area contributed by atoms with E-state index in [4.69, 9.17) is 9.72 Å². The number of ether oxygens (including phenoxy) is 1. The molecule has 0 unspecified atom stereocenters. The van der Waals surface area contributed by atoms with Crippen molar-refractivity contribution in [2.45, 2.75) is 32.1 Å². The van der Waals surface area contributed by atoms with Gasteiger partial charge in [0.2, 0.25) is 5.95 Å². The molecule has 2 saturated heterocycles. The van der Waals surface area contributed by atoms with Gasteiger partial charge in [-0.1, -0.05) is 12.6 Å². The molecule has 0 spiro atoms. The van der Waals surface area contributed by atoms with Crippen molar-refractivity contribution in [2.24, 2.45) is 0 Å². The van der Waals surface area contributed by atoms with Gasteiger partial charge in [-0.15, -0.1) is 0 Å². The summed E-state index contributed by atoms with van der Waals surface area (Å²) >= 11 is 0. The fourth-order valence-corrected chi connectivity index (χ4v) is 6.05. The largest absolute Gasteiger partial charge is 0.378 e. The molecular formula is C36H36F3N5O2. The Hall–Kier alpha value is -4.70. The number of rotatable bonds is 10. The molecule has 3 heterocycles. The molecule has 1 aromatic heterocycles. The van der Waals surface area contributed by atoms with Crippen LogP contribution in [0.5, 0.6) is 0 Å². The maximum absolute atomic E-state index is 15.3. The standard InChI is InChI=1S/C36H36F3N5O2/c1-2-30(45)19-25-17-26(21-28(37)18-25)35-27(16-24-6-9-33(32(39)20-24)44-12-14-46-15-13-44)23-40-36(42-35)41-29-7-8-31(38)34(22-29)43-10-4-3-5-11-43/h2,6-9,17-18,20-23H,1,3-5,10-16,19H2,(H,40,41,42). The topological polar surface area (TPSA) is 70.6 Å². The van der Waals surface area contributed by atoms with Crippen LogP contribution in [-0.2, 0) is 22.4 Å². The molecule has 4 aromatic rings. The Balaban J connectivity index is 1.34. The van der Waals surface area contributed by atoms with Crippen molar-refractivity contribution in [3.05, 3.63) is 108 Å². The van der Waals surface area contributed by atoms with Crippen LogP contribution in [0.2, 0.25) is 0 Å². The summed E-state index contributed by atoms with van der Waals surface area (Å²) in [6.45, 7) is 7.44. The van der Waals surface area contributed by atoms with Crippen LogP contribution in [0.4, 0.5) is 36.2 Å². The Morgan fingerprint density at radius 3 is 2.41 bits per heavy atom. The summed E-state index contributed by atoms with van der Waals surface area (Å²) in [4.78, 5) is 25.4. The molecule has 6 rings (SSSR count). The number of ketones is 1. The van der Waals surface area contributed by atoms with E-state index in [0.29, 0.717) is 71.3 Å². The van der Waals surface area contributed by atoms with Gasteiger partial charge in [0.05, 0.1) is 30.3 Å². The highest BCUT2D eigenvalue weighted by atomic mass is 19.1. The smallest absolute Gasteiger partial charge is 0.227 e. The number of morpholine rings is 1. The first-order chi connectivity index (χ1) is 22.4. The third kappa shape index (κ3) is 7.39. The van der Waals surface area contributed by atoms with Gasteiger partial charge in [0.15, 0.2) is 5.78 Å². The molecule has 3 aromatic carbocycles. The molecule has 0 bridgehead atoms. The zero-order valence-electron chi connectivity index (χ0n) is 25.6. The average molecular weight is 628 g/mol. The number of hydrogen-bond donors (Lipinski definition) is 1. The van der Waals surface area contributed by atoms with Crippen molar-refractivity contribution < 1.29 is 22.7 Å². The van der Waals surface area contributed by atoms with Crippen molar-refractivity contribution in [3.8, 4) is 11.3 Å². The second kappa shape index (κ2) is 14.2. The molecule has 0 saturated carbocycles. The highest BCUT2D eigenvalue weighted by Gasteiger charge is 2.19. The maximum Gasteiger partial charge on any atom is 0.227 e. The number of aromatic nitrogens is 2. The predicted octanol–water partition coefficient (Wildman–Crippen LogP) is 7.02. The molecule has 0 aliphatic carbocycles. The number of piperidine rings is 1. The second-order valence-electron chi connectivity index (χ2n) is 11.7. The first kappa shape index (κ1) is 31.3. The van der Waals surface area contributed by atoms with Gasteiger partial charge >= 0.3 is 0 Å². The van der Waals surface area contributed by atoms with Crippen LogP contribution in [0.15, 0.2) is 73.4 Å². The van der Waals surface area contributed by atoms with E-state index in [9.17, 15) is 13.6 Å². The second-order valence-corrected chi connectivity index (χ2v) is 11.7. The van der Waals surface area contributed by atoms with Crippen LogP contribution in [0.3, 0.4) is 0 Å². The molecular weight excluding hydrogens is 591 g/mol. The first-order valence-electron chi connectivity index (χ1n) is 15.6. The Morgan fingerprint density at radius 2 is 1.65 bits per heavy atom. The molecule has 0 atom stereocenters. The van der Waals surface area contributed by atoms with Gasteiger partial charge in [0, 0.05) is 62.0 Å². The molecule has 10 heteroatoms. The summed E-state index contributed by atoms with van der Waals surface area (Å²) in [5.74, 6) is -1.15. The summed E-state index contributed by atoms with van der Waals surface area (Å²) in [6, 6.07) is 14.3. The van der Waals surface area contributed by atoms with Gasteiger partial charge in [-0.05, 0) is 85.0 Å². The lowest BCUT2D eigenvalue weighted by atomic mass is 9.97. The number of allylic oxidation sites excluding steroid dienone is 1. The molecule has 2 aliphatic rings. The summed E-state index contributed by atoms with van der Waals surface area (Å²) in [7, 11) is 0. The normalized spacial score (nSPS) is 15.1. The minimum Gasteiger partial charge on any atom is -0.378 e. The van der Waals surface area contributed by atoms with Crippen molar-refractivity contribution in [3.63, 3.8) is 0 Å². The van der Waals surface area contributed by atoms with E-state index >= 15 is 4.39 Å². The summed E-state index contributed by atoms with van der Waals surface area (Å²) in [5.41, 5.74) is 4.35. The number of nitrogens with one attached hydrogen (secondary N) is 1. The van der Waals surface area contributed by atoms with E-state index in [1.165, 1.54) is 30.3 Å². The van der Waals surface area contributed by atoms with Gasteiger partial charge in [-0.25, -0.2) is 23.1 Å². The third-order valence-corrected chi connectivity index (χ3v) is 8.36. The van der Waals surface area contributed by atoms with Crippen LogP contribution in [0.25, 0.3) is 11.3 Å². The van der Waals surface area contributed by atoms with E-state index in [-0.39, 0.29) is 36.2 Å². The Labute approximate surface area is 266 Å².